The number of nitrogens with zero attached hydrogens (tertiary/aromatic N) is 1. The second kappa shape index (κ2) is 10.0. The van der Waals surface area contributed by atoms with Gasteiger partial charge < -0.3 is 15.1 Å². The van der Waals surface area contributed by atoms with E-state index in [4.69, 9.17) is 21.8 Å². The average molecular weight is 318 g/mol. The van der Waals surface area contributed by atoms with Gasteiger partial charge in [0.25, 0.3) is 0 Å². The van der Waals surface area contributed by atoms with Crippen LogP contribution >= 0.6 is 23.4 Å². The molecule has 4 nitrogen and oxygen atoms in total. The molecule has 0 radical (unpaired) electrons. The molecule has 0 saturated heterocycles. The minimum absolute atomic E-state index is 0.0233. The molecular formula is C14H20ClNO3S. The molecule has 0 aromatic heterocycles. The molecule has 1 rings (SSSR count). The third-order valence-electron chi connectivity index (χ3n) is 2.71. The molecule has 0 aliphatic carbocycles. The van der Waals surface area contributed by atoms with E-state index in [0.717, 1.165) is 17.1 Å². The lowest BCUT2D eigenvalue weighted by molar-refractivity contribution is -0.132. The van der Waals surface area contributed by atoms with Crippen LogP contribution in [-0.4, -0.2) is 53.1 Å². The summed E-state index contributed by atoms with van der Waals surface area (Å²) in [5, 5.41) is 18.4. The molecule has 112 valence electrons. The predicted molar refractivity (Wildman–Crippen MR) is 82.2 cm³/mol. The van der Waals surface area contributed by atoms with Crippen molar-refractivity contribution in [1.29, 1.82) is 0 Å². The third-order valence-corrected chi connectivity index (χ3v) is 4.06. The Kier molecular flexibility index (Phi) is 8.69. The summed E-state index contributed by atoms with van der Waals surface area (Å²) in [6, 6.07) is 7.61. The summed E-state index contributed by atoms with van der Waals surface area (Å²) in [6.07, 6.45) is 1.19. The van der Waals surface area contributed by atoms with Gasteiger partial charge in [0, 0.05) is 29.4 Å². The van der Waals surface area contributed by atoms with Crippen molar-refractivity contribution in [2.24, 2.45) is 0 Å². The van der Waals surface area contributed by atoms with Gasteiger partial charge in [-0.2, -0.15) is 0 Å². The van der Waals surface area contributed by atoms with Gasteiger partial charge in [-0.05, 0) is 36.4 Å². The fourth-order valence-electron chi connectivity index (χ4n) is 1.70. The van der Waals surface area contributed by atoms with Crippen LogP contribution < -0.4 is 0 Å². The van der Waals surface area contributed by atoms with E-state index in [2.05, 4.69) is 0 Å². The smallest absolute Gasteiger partial charge is 0.222 e. The van der Waals surface area contributed by atoms with Gasteiger partial charge in [-0.15, -0.1) is 11.8 Å². The molecule has 0 fully saturated rings. The van der Waals surface area contributed by atoms with E-state index in [1.165, 1.54) is 4.90 Å². The van der Waals surface area contributed by atoms with Gasteiger partial charge >= 0.3 is 0 Å². The quantitative estimate of drug-likeness (QED) is 0.540. The molecule has 2 N–H and O–H groups in total. The summed E-state index contributed by atoms with van der Waals surface area (Å²) >= 11 is 7.49. The second-order valence-corrected chi connectivity index (χ2v) is 5.84. The number of halogens is 1. The molecule has 20 heavy (non-hydrogen) atoms. The molecule has 1 aromatic carbocycles. The fourth-order valence-corrected chi connectivity index (χ4v) is 2.68. The number of rotatable bonds is 9. The first kappa shape index (κ1) is 17.3. The van der Waals surface area contributed by atoms with Crippen molar-refractivity contribution in [2.75, 3.05) is 32.1 Å². The Hall–Kier alpha value is -0.750. The van der Waals surface area contributed by atoms with Gasteiger partial charge in [0.05, 0.1) is 13.2 Å². The number of thioether (sulfide) groups is 1. The van der Waals surface area contributed by atoms with Crippen LogP contribution in [0.15, 0.2) is 29.2 Å². The van der Waals surface area contributed by atoms with Crippen LogP contribution in [0.4, 0.5) is 0 Å². The zero-order valence-corrected chi connectivity index (χ0v) is 12.9. The van der Waals surface area contributed by atoms with Gasteiger partial charge in [0.2, 0.25) is 5.91 Å². The Bertz CT molecular complexity index is 394. The van der Waals surface area contributed by atoms with Gasteiger partial charge in [-0.25, -0.2) is 0 Å². The molecule has 0 atom stereocenters. The maximum Gasteiger partial charge on any atom is 0.222 e. The number of carbonyl (C=O) groups excluding carboxylic acids is 1. The number of carbonyl (C=O) groups is 1. The summed E-state index contributed by atoms with van der Waals surface area (Å²) in [5.74, 6) is 0.823. The van der Waals surface area contributed by atoms with Crippen LogP contribution in [0.3, 0.4) is 0 Å². The molecule has 0 aliphatic rings. The van der Waals surface area contributed by atoms with Crippen molar-refractivity contribution in [3.05, 3.63) is 29.3 Å². The standard InChI is InChI=1S/C14H20ClNO3S/c15-12-3-5-13(6-4-12)20-11-1-2-14(19)16(7-9-17)8-10-18/h3-6,17-18H,1-2,7-11H2. The van der Waals surface area contributed by atoms with E-state index in [0.29, 0.717) is 11.4 Å². The molecule has 0 heterocycles. The van der Waals surface area contributed by atoms with E-state index in [1.54, 1.807) is 11.8 Å². The first-order chi connectivity index (χ1) is 9.67. The summed E-state index contributed by atoms with van der Waals surface area (Å²) < 4.78 is 0. The molecule has 0 unspecified atom stereocenters. The summed E-state index contributed by atoms with van der Waals surface area (Å²) in [4.78, 5) is 14.5. The summed E-state index contributed by atoms with van der Waals surface area (Å²) in [7, 11) is 0. The Morgan fingerprint density at radius 1 is 1.15 bits per heavy atom. The predicted octanol–water partition coefficient (Wildman–Crippen LogP) is 2.03. The van der Waals surface area contributed by atoms with Crippen molar-refractivity contribution in [1.82, 2.24) is 4.90 Å². The first-order valence-electron chi connectivity index (χ1n) is 6.55. The Morgan fingerprint density at radius 2 is 1.75 bits per heavy atom. The maximum atomic E-state index is 11.9. The molecule has 6 heteroatoms. The Labute approximate surface area is 128 Å². The highest BCUT2D eigenvalue weighted by molar-refractivity contribution is 7.99. The minimum Gasteiger partial charge on any atom is -0.395 e. The van der Waals surface area contributed by atoms with E-state index >= 15 is 0 Å². The normalized spacial score (nSPS) is 10.6. The topological polar surface area (TPSA) is 60.8 Å². The van der Waals surface area contributed by atoms with Crippen molar-refractivity contribution < 1.29 is 15.0 Å². The van der Waals surface area contributed by atoms with E-state index in [-0.39, 0.29) is 32.2 Å². The number of hydrogen-bond acceptors (Lipinski definition) is 4. The Morgan fingerprint density at radius 3 is 2.30 bits per heavy atom. The molecule has 1 aromatic rings. The monoisotopic (exact) mass is 317 g/mol. The Balaban J connectivity index is 2.25. The molecular weight excluding hydrogens is 298 g/mol. The second-order valence-electron chi connectivity index (χ2n) is 4.23. The molecule has 0 spiro atoms. The van der Waals surface area contributed by atoms with Crippen LogP contribution in [0.2, 0.25) is 5.02 Å². The highest BCUT2D eigenvalue weighted by Crippen LogP contribution is 2.21. The maximum absolute atomic E-state index is 11.9. The van der Waals surface area contributed by atoms with Crippen molar-refractivity contribution in [3.8, 4) is 0 Å². The third kappa shape index (κ3) is 6.61. The van der Waals surface area contributed by atoms with Crippen LogP contribution in [0.1, 0.15) is 12.8 Å². The number of hydrogen-bond donors (Lipinski definition) is 2. The zero-order chi connectivity index (χ0) is 14.8. The molecule has 0 aliphatic heterocycles. The number of amides is 1. The number of aliphatic hydroxyl groups excluding tert-OH is 2. The van der Waals surface area contributed by atoms with Gasteiger partial charge in [-0.3, -0.25) is 4.79 Å². The number of benzene rings is 1. The van der Waals surface area contributed by atoms with Gasteiger partial charge in [0.15, 0.2) is 0 Å². The fraction of sp³-hybridized carbons (Fsp3) is 0.500. The average Bonchev–Trinajstić information content (AvgIpc) is 2.45. The highest BCUT2D eigenvalue weighted by atomic mass is 35.5. The van der Waals surface area contributed by atoms with Gasteiger partial charge in [0.1, 0.15) is 0 Å². The first-order valence-corrected chi connectivity index (χ1v) is 7.91. The molecule has 0 saturated carbocycles. The summed E-state index contributed by atoms with van der Waals surface area (Å²) in [6.45, 7) is 0.407. The SMILES string of the molecule is O=C(CCCSc1ccc(Cl)cc1)N(CCO)CCO. The minimum atomic E-state index is -0.0781. The lowest BCUT2D eigenvalue weighted by Crippen LogP contribution is -2.35. The highest BCUT2D eigenvalue weighted by Gasteiger charge is 2.11. The van der Waals surface area contributed by atoms with Crippen LogP contribution in [0.25, 0.3) is 0 Å². The zero-order valence-electron chi connectivity index (χ0n) is 11.3. The lowest BCUT2D eigenvalue weighted by Gasteiger charge is -2.20. The largest absolute Gasteiger partial charge is 0.395 e. The summed E-state index contributed by atoms with van der Waals surface area (Å²) in [5.41, 5.74) is 0. The van der Waals surface area contributed by atoms with Crippen LogP contribution in [0.5, 0.6) is 0 Å². The molecule has 1 amide bonds. The lowest BCUT2D eigenvalue weighted by atomic mass is 10.3. The van der Waals surface area contributed by atoms with Crippen LogP contribution in [-0.2, 0) is 4.79 Å². The van der Waals surface area contributed by atoms with Crippen molar-refractivity contribution >= 4 is 29.3 Å². The van der Waals surface area contributed by atoms with E-state index in [9.17, 15) is 4.79 Å². The van der Waals surface area contributed by atoms with Gasteiger partial charge in [-0.1, -0.05) is 11.6 Å². The van der Waals surface area contributed by atoms with Crippen molar-refractivity contribution in [2.45, 2.75) is 17.7 Å². The van der Waals surface area contributed by atoms with Crippen LogP contribution in [0, 0.1) is 0 Å². The van der Waals surface area contributed by atoms with E-state index < -0.39 is 0 Å². The van der Waals surface area contributed by atoms with Crippen molar-refractivity contribution in [3.63, 3.8) is 0 Å². The molecule has 0 bridgehead atoms. The van der Waals surface area contributed by atoms with E-state index in [1.807, 2.05) is 24.3 Å². The number of aliphatic hydroxyl groups is 2.